The molecule has 7 heteroatoms. The van der Waals surface area contributed by atoms with Gasteiger partial charge in [0.2, 0.25) is 5.91 Å². The second-order valence-corrected chi connectivity index (χ2v) is 6.96. The van der Waals surface area contributed by atoms with Crippen molar-refractivity contribution in [1.29, 1.82) is 0 Å². The summed E-state index contributed by atoms with van der Waals surface area (Å²) < 4.78 is 5.40. The first kappa shape index (κ1) is 24.0. The van der Waals surface area contributed by atoms with Crippen LogP contribution in [0, 0.1) is 0 Å². The van der Waals surface area contributed by atoms with Gasteiger partial charge in [0.15, 0.2) is 5.96 Å². The molecule has 1 aliphatic rings. The fourth-order valence-corrected chi connectivity index (χ4v) is 3.59. The van der Waals surface area contributed by atoms with Crippen molar-refractivity contribution in [3.63, 3.8) is 0 Å². The number of aliphatic imine (C=N–C) groups is 1. The Morgan fingerprint density at radius 2 is 1.90 bits per heavy atom. The summed E-state index contributed by atoms with van der Waals surface area (Å²) in [5.74, 6) is 1.57. The van der Waals surface area contributed by atoms with Crippen LogP contribution in [-0.4, -0.2) is 45.2 Å². The van der Waals surface area contributed by atoms with Gasteiger partial charge in [-0.3, -0.25) is 4.79 Å². The van der Waals surface area contributed by atoms with E-state index >= 15 is 0 Å². The minimum Gasteiger partial charge on any atom is -0.496 e. The normalized spacial score (nSPS) is 13.1. The third kappa shape index (κ3) is 6.35. The number of rotatable bonds is 7. The van der Waals surface area contributed by atoms with Gasteiger partial charge in [0, 0.05) is 25.3 Å². The number of fused-ring (bicyclic) bond motifs is 1. The van der Waals surface area contributed by atoms with E-state index in [-0.39, 0.29) is 36.4 Å². The highest BCUT2D eigenvalue weighted by Crippen LogP contribution is 2.26. The summed E-state index contributed by atoms with van der Waals surface area (Å²) in [6.45, 7) is 4.33. The lowest BCUT2D eigenvalue weighted by Crippen LogP contribution is -2.41. The predicted octanol–water partition coefficient (Wildman–Crippen LogP) is 3.39. The molecule has 0 fully saturated rings. The fraction of sp³-hybridized carbons (Fsp3) is 0.391. The highest BCUT2D eigenvalue weighted by molar-refractivity contribution is 14.0. The Morgan fingerprint density at radius 3 is 2.70 bits per heavy atom. The molecule has 0 aliphatic carbocycles. The van der Waals surface area contributed by atoms with Crippen molar-refractivity contribution in [3.05, 3.63) is 59.7 Å². The number of amides is 1. The van der Waals surface area contributed by atoms with Crippen molar-refractivity contribution in [1.82, 2.24) is 10.6 Å². The van der Waals surface area contributed by atoms with Crippen LogP contribution in [0.15, 0.2) is 53.5 Å². The number of carbonyl (C=O) groups is 1. The fourth-order valence-electron chi connectivity index (χ4n) is 3.59. The molecule has 0 saturated carbocycles. The average molecular weight is 522 g/mol. The highest BCUT2D eigenvalue weighted by atomic mass is 127. The van der Waals surface area contributed by atoms with Crippen molar-refractivity contribution in [2.24, 2.45) is 4.99 Å². The quantitative estimate of drug-likeness (QED) is 0.333. The monoisotopic (exact) mass is 522 g/mol. The van der Waals surface area contributed by atoms with E-state index in [0.29, 0.717) is 12.5 Å². The van der Waals surface area contributed by atoms with Gasteiger partial charge in [-0.2, -0.15) is 0 Å². The lowest BCUT2D eigenvalue weighted by atomic mass is 10.0. The molecular weight excluding hydrogens is 491 g/mol. The number of benzene rings is 2. The van der Waals surface area contributed by atoms with E-state index in [1.54, 1.807) is 7.11 Å². The molecule has 2 N–H and O–H groups in total. The molecule has 0 unspecified atom stereocenters. The van der Waals surface area contributed by atoms with Crippen LogP contribution < -0.4 is 20.3 Å². The highest BCUT2D eigenvalue weighted by Gasteiger charge is 2.21. The molecular formula is C23H31IN4O2. The first-order chi connectivity index (χ1) is 14.2. The molecule has 30 heavy (non-hydrogen) atoms. The number of methoxy groups -OCH3 is 1. The van der Waals surface area contributed by atoms with E-state index < -0.39 is 0 Å². The smallest absolute Gasteiger partial charge is 0.248 e. The summed E-state index contributed by atoms with van der Waals surface area (Å²) in [6, 6.07) is 16.1. The Kier molecular flexibility index (Phi) is 9.93. The van der Waals surface area contributed by atoms with E-state index in [0.717, 1.165) is 49.4 Å². The second-order valence-electron chi connectivity index (χ2n) is 6.96. The number of nitrogens with one attached hydrogen (secondary N) is 2. The molecule has 3 rings (SSSR count). The molecule has 2 aromatic rings. The molecule has 1 amide bonds. The molecule has 1 aliphatic heterocycles. The Balaban J connectivity index is 0.00000320. The largest absolute Gasteiger partial charge is 0.496 e. The summed E-state index contributed by atoms with van der Waals surface area (Å²) >= 11 is 0. The van der Waals surface area contributed by atoms with Gasteiger partial charge in [-0.05, 0) is 49.4 Å². The molecule has 0 aromatic heterocycles. The molecule has 1 heterocycles. The predicted molar refractivity (Wildman–Crippen MR) is 133 cm³/mol. The van der Waals surface area contributed by atoms with Crippen LogP contribution in [-0.2, 0) is 17.6 Å². The molecule has 0 atom stereocenters. The van der Waals surface area contributed by atoms with Gasteiger partial charge >= 0.3 is 0 Å². The van der Waals surface area contributed by atoms with Crippen molar-refractivity contribution in [2.75, 3.05) is 38.2 Å². The standard InChI is InChI=1S/C23H30N4O2.HI/c1-3-24-23(25-15-14-19-10-5-7-13-21(19)29-2)26-17-22(28)27-16-8-11-18-9-4-6-12-20(18)27;/h4-7,9-10,12-13H,3,8,11,14-17H2,1-2H3,(H2,24,25,26);1H. The zero-order valence-electron chi connectivity index (χ0n) is 17.7. The van der Waals surface area contributed by atoms with Gasteiger partial charge in [-0.15, -0.1) is 24.0 Å². The maximum absolute atomic E-state index is 12.8. The van der Waals surface area contributed by atoms with Gasteiger partial charge < -0.3 is 20.3 Å². The van der Waals surface area contributed by atoms with Crippen LogP contribution in [0.2, 0.25) is 0 Å². The zero-order chi connectivity index (χ0) is 20.5. The van der Waals surface area contributed by atoms with Crippen molar-refractivity contribution < 1.29 is 9.53 Å². The SMILES string of the molecule is CCNC(=NCC(=O)N1CCCc2ccccc21)NCCc1ccccc1OC.I. The van der Waals surface area contributed by atoms with Crippen LogP contribution in [0.25, 0.3) is 0 Å². The molecule has 0 radical (unpaired) electrons. The van der Waals surface area contributed by atoms with Crippen LogP contribution in [0.3, 0.4) is 0 Å². The maximum atomic E-state index is 12.8. The number of nitrogens with zero attached hydrogens (tertiary/aromatic N) is 2. The maximum Gasteiger partial charge on any atom is 0.248 e. The van der Waals surface area contributed by atoms with Crippen LogP contribution in [0.4, 0.5) is 5.69 Å². The van der Waals surface area contributed by atoms with E-state index in [9.17, 15) is 4.79 Å². The zero-order valence-corrected chi connectivity index (χ0v) is 20.0. The Labute approximate surface area is 196 Å². The topological polar surface area (TPSA) is 66.0 Å². The number of guanidine groups is 1. The number of carbonyl (C=O) groups excluding carboxylic acids is 1. The molecule has 0 bridgehead atoms. The number of hydrogen-bond acceptors (Lipinski definition) is 3. The van der Waals surface area contributed by atoms with Crippen LogP contribution in [0.1, 0.15) is 24.5 Å². The van der Waals surface area contributed by atoms with Crippen molar-refractivity contribution in [3.8, 4) is 5.75 Å². The average Bonchev–Trinajstić information content (AvgIpc) is 2.77. The number of aryl methyl sites for hydroxylation is 1. The molecule has 0 saturated heterocycles. The number of ether oxygens (including phenoxy) is 1. The van der Waals surface area contributed by atoms with Crippen LogP contribution >= 0.6 is 24.0 Å². The van der Waals surface area contributed by atoms with Gasteiger partial charge in [-0.1, -0.05) is 36.4 Å². The van der Waals surface area contributed by atoms with Crippen molar-refractivity contribution >= 4 is 41.5 Å². The van der Waals surface area contributed by atoms with E-state index in [2.05, 4.69) is 27.8 Å². The second kappa shape index (κ2) is 12.4. The first-order valence-corrected chi connectivity index (χ1v) is 10.2. The Morgan fingerprint density at radius 1 is 1.13 bits per heavy atom. The molecule has 0 spiro atoms. The summed E-state index contributed by atoms with van der Waals surface area (Å²) in [5, 5.41) is 6.52. The third-order valence-corrected chi connectivity index (χ3v) is 5.01. The van der Waals surface area contributed by atoms with E-state index in [4.69, 9.17) is 4.74 Å². The number of para-hydroxylation sites is 2. The summed E-state index contributed by atoms with van der Waals surface area (Å²) in [4.78, 5) is 19.2. The lowest BCUT2D eigenvalue weighted by Gasteiger charge is -2.29. The minimum atomic E-state index is 0. The molecule has 2 aromatic carbocycles. The van der Waals surface area contributed by atoms with Crippen LogP contribution in [0.5, 0.6) is 5.75 Å². The number of halogens is 1. The van der Waals surface area contributed by atoms with Gasteiger partial charge in [0.25, 0.3) is 0 Å². The minimum absolute atomic E-state index is 0. The summed E-state index contributed by atoms with van der Waals surface area (Å²) in [6.07, 6.45) is 2.82. The number of hydrogen-bond donors (Lipinski definition) is 2. The van der Waals surface area contributed by atoms with E-state index in [1.165, 1.54) is 5.56 Å². The Hall–Kier alpha value is -2.29. The van der Waals surface area contributed by atoms with Gasteiger partial charge in [0.1, 0.15) is 12.3 Å². The van der Waals surface area contributed by atoms with Crippen molar-refractivity contribution in [2.45, 2.75) is 26.2 Å². The Bertz CT molecular complexity index is 857. The number of anilines is 1. The van der Waals surface area contributed by atoms with Gasteiger partial charge in [-0.25, -0.2) is 4.99 Å². The van der Waals surface area contributed by atoms with Gasteiger partial charge in [0.05, 0.1) is 7.11 Å². The molecule has 162 valence electrons. The van der Waals surface area contributed by atoms with E-state index in [1.807, 2.05) is 48.2 Å². The summed E-state index contributed by atoms with van der Waals surface area (Å²) in [5.41, 5.74) is 3.39. The summed E-state index contributed by atoms with van der Waals surface area (Å²) in [7, 11) is 1.68. The third-order valence-electron chi connectivity index (χ3n) is 5.01. The first-order valence-electron chi connectivity index (χ1n) is 10.2. The molecule has 6 nitrogen and oxygen atoms in total. The lowest BCUT2D eigenvalue weighted by molar-refractivity contribution is -0.117.